The quantitative estimate of drug-likeness (QED) is 0.796. The Labute approximate surface area is 151 Å². The van der Waals surface area contributed by atoms with E-state index in [4.69, 9.17) is 28.9 Å². The number of anilines is 3. The highest BCUT2D eigenvalue weighted by Crippen LogP contribution is 2.33. The number of nitrogens with zero attached hydrogens (tertiary/aromatic N) is 1. The molecule has 2 aromatic rings. The van der Waals surface area contributed by atoms with Crippen molar-refractivity contribution in [3.8, 4) is 0 Å². The van der Waals surface area contributed by atoms with Crippen LogP contribution in [0.1, 0.15) is 18.9 Å². The molecule has 1 aliphatic rings. The van der Waals surface area contributed by atoms with E-state index >= 15 is 0 Å². The van der Waals surface area contributed by atoms with Crippen molar-refractivity contribution < 1.29 is 4.79 Å². The Bertz CT molecular complexity index is 779. The summed E-state index contributed by atoms with van der Waals surface area (Å²) in [4.78, 5) is 14.8. The van der Waals surface area contributed by atoms with Gasteiger partial charge in [0.25, 0.3) is 0 Å². The minimum absolute atomic E-state index is 0.116. The van der Waals surface area contributed by atoms with E-state index < -0.39 is 0 Å². The minimum Gasteiger partial charge on any atom is -0.398 e. The number of hydrogen-bond acceptors (Lipinski definition) is 3. The molecule has 1 aliphatic heterocycles. The van der Waals surface area contributed by atoms with Crippen LogP contribution < -0.4 is 16.0 Å². The van der Waals surface area contributed by atoms with E-state index in [1.807, 2.05) is 25.1 Å². The van der Waals surface area contributed by atoms with Crippen LogP contribution in [0.5, 0.6) is 0 Å². The van der Waals surface area contributed by atoms with Crippen molar-refractivity contribution in [2.45, 2.75) is 25.8 Å². The Kier molecular flexibility index (Phi) is 4.88. The summed E-state index contributed by atoms with van der Waals surface area (Å²) >= 11 is 12.0. The molecule has 3 rings (SSSR count). The molecule has 0 aromatic heterocycles. The Morgan fingerprint density at radius 2 is 2.08 bits per heavy atom. The van der Waals surface area contributed by atoms with Gasteiger partial charge in [0.05, 0.1) is 10.7 Å². The normalized spacial score (nSPS) is 14.9. The molecule has 2 aromatic carbocycles. The van der Waals surface area contributed by atoms with Gasteiger partial charge in [-0.05, 0) is 55.7 Å². The first-order valence-electron chi connectivity index (χ1n) is 7.87. The molecule has 4 nitrogen and oxygen atoms in total. The van der Waals surface area contributed by atoms with Crippen molar-refractivity contribution in [2.24, 2.45) is 0 Å². The van der Waals surface area contributed by atoms with E-state index in [-0.39, 0.29) is 11.9 Å². The highest BCUT2D eigenvalue weighted by molar-refractivity contribution is 6.36. The van der Waals surface area contributed by atoms with Gasteiger partial charge in [-0.3, -0.25) is 4.79 Å². The van der Waals surface area contributed by atoms with Crippen LogP contribution in [0.25, 0.3) is 0 Å². The Balaban J connectivity index is 1.81. The molecule has 0 radical (unpaired) electrons. The Morgan fingerprint density at radius 1 is 1.29 bits per heavy atom. The number of carbonyl (C=O) groups is 1. The predicted molar refractivity (Wildman–Crippen MR) is 101 cm³/mol. The van der Waals surface area contributed by atoms with Gasteiger partial charge in [0.1, 0.15) is 6.04 Å². The van der Waals surface area contributed by atoms with Crippen molar-refractivity contribution in [1.82, 2.24) is 0 Å². The molecule has 0 saturated heterocycles. The summed E-state index contributed by atoms with van der Waals surface area (Å²) in [5.41, 5.74) is 9.57. The second kappa shape index (κ2) is 6.91. The van der Waals surface area contributed by atoms with Crippen LogP contribution in [-0.2, 0) is 11.2 Å². The molecule has 0 aliphatic carbocycles. The lowest BCUT2D eigenvalue weighted by Gasteiger charge is -2.36. The van der Waals surface area contributed by atoms with Crippen LogP contribution in [0.4, 0.5) is 17.1 Å². The maximum atomic E-state index is 12.7. The van der Waals surface area contributed by atoms with Gasteiger partial charge < -0.3 is 16.0 Å². The summed E-state index contributed by atoms with van der Waals surface area (Å²) < 4.78 is 0. The molecule has 0 bridgehead atoms. The number of carbonyl (C=O) groups excluding carboxylic acids is 1. The lowest BCUT2D eigenvalue weighted by atomic mass is 9.98. The maximum absolute atomic E-state index is 12.7. The van der Waals surface area contributed by atoms with Gasteiger partial charge in [-0.2, -0.15) is 0 Å². The highest BCUT2D eigenvalue weighted by atomic mass is 35.5. The maximum Gasteiger partial charge on any atom is 0.246 e. The van der Waals surface area contributed by atoms with Gasteiger partial charge in [0.2, 0.25) is 5.91 Å². The van der Waals surface area contributed by atoms with E-state index in [2.05, 4.69) is 10.2 Å². The Morgan fingerprint density at radius 3 is 2.83 bits per heavy atom. The molecule has 1 unspecified atom stereocenters. The van der Waals surface area contributed by atoms with Crippen molar-refractivity contribution in [1.29, 1.82) is 0 Å². The molecule has 1 amide bonds. The fourth-order valence-electron chi connectivity index (χ4n) is 3.05. The van der Waals surface area contributed by atoms with Crippen molar-refractivity contribution in [3.63, 3.8) is 0 Å². The molecule has 0 spiro atoms. The first-order chi connectivity index (χ1) is 11.5. The largest absolute Gasteiger partial charge is 0.398 e. The molecule has 6 heteroatoms. The van der Waals surface area contributed by atoms with Gasteiger partial charge in [0, 0.05) is 22.9 Å². The van der Waals surface area contributed by atoms with Crippen LogP contribution in [0.2, 0.25) is 10.0 Å². The molecular formula is C18H19Cl2N3O. The number of fused-ring (bicyclic) bond motifs is 1. The second-order valence-corrected chi connectivity index (χ2v) is 6.77. The molecule has 24 heavy (non-hydrogen) atoms. The van der Waals surface area contributed by atoms with E-state index in [1.165, 1.54) is 0 Å². The van der Waals surface area contributed by atoms with Crippen LogP contribution in [0.15, 0.2) is 36.4 Å². The lowest BCUT2D eigenvalue weighted by Crippen LogP contribution is -2.44. The van der Waals surface area contributed by atoms with E-state index in [9.17, 15) is 4.79 Å². The fourth-order valence-corrected chi connectivity index (χ4v) is 3.51. The molecule has 1 atom stereocenters. The third-order valence-electron chi connectivity index (χ3n) is 4.36. The summed E-state index contributed by atoms with van der Waals surface area (Å²) in [7, 11) is 0. The second-order valence-electron chi connectivity index (χ2n) is 5.93. The SMILES string of the molecule is CC(C(=O)Nc1ccc(Cl)cc1Cl)N1CCCc2c(N)cccc21. The lowest BCUT2D eigenvalue weighted by molar-refractivity contribution is -0.117. The van der Waals surface area contributed by atoms with Gasteiger partial charge >= 0.3 is 0 Å². The van der Waals surface area contributed by atoms with Crippen molar-refractivity contribution in [3.05, 3.63) is 52.0 Å². The van der Waals surface area contributed by atoms with Gasteiger partial charge in [-0.25, -0.2) is 0 Å². The van der Waals surface area contributed by atoms with Crippen LogP contribution in [-0.4, -0.2) is 18.5 Å². The molecule has 0 saturated carbocycles. The average molecular weight is 364 g/mol. The van der Waals surface area contributed by atoms with Crippen molar-refractivity contribution in [2.75, 3.05) is 22.5 Å². The van der Waals surface area contributed by atoms with Crippen molar-refractivity contribution >= 4 is 46.2 Å². The molecular weight excluding hydrogens is 345 g/mol. The van der Waals surface area contributed by atoms with E-state index in [0.29, 0.717) is 15.7 Å². The number of nitrogen functional groups attached to an aromatic ring is 1. The zero-order valence-electron chi connectivity index (χ0n) is 13.4. The van der Waals surface area contributed by atoms with Crippen LogP contribution in [0, 0.1) is 0 Å². The van der Waals surface area contributed by atoms with Gasteiger partial charge in [-0.15, -0.1) is 0 Å². The number of benzene rings is 2. The summed E-state index contributed by atoms with van der Waals surface area (Å²) in [6, 6.07) is 10.5. The van der Waals surface area contributed by atoms with E-state index in [1.54, 1.807) is 18.2 Å². The molecule has 0 fully saturated rings. The zero-order valence-corrected chi connectivity index (χ0v) is 14.9. The van der Waals surface area contributed by atoms with Gasteiger partial charge in [-0.1, -0.05) is 29.3 Å². The highest BCUT2D eigenvalue weighted by Gasteiger charge is 2.27. The third-order valence-corrected chi connectivity index (χ3v) is 4.91. The Hall–Kier alpha value is -1.91. The topological polar surface area (TPSA) is 58.4 Å². The van der Waals surface area contributed by atoms with Crippen LogP contribution in [0.3, 0.4) is 0 Å². The first-order valence-corrected chi connectivity index (χ1v) is 8.63. The van der Waals surface area contributed by atoms with Gasteiger partial charge in [0.15, 0.2) is 0 Å². The summed E-state index contributed by atoms with van der Waals surface area (Å²) in [5.74, 6) is -0.116. The monoisotopic (exact) mass is 363 g/mol. The number of rotatable bonds is 3. The fraction of sp³-hybridized carbons (Fsp3) is 0.278. The summed E-state index contributed by atoms with van der Waals surface area (Å²) in [6.07, 6.45) is 1.91. The summed E-state index contributed by atoms with van der Waals surface area (Å²) in [5, 5.41) is 3.83. The standard InChI is InChI=1S/C18H19Cl2N3O/c1-11(18(24)22-16-8-7-12(19)10-14(16)20)23-9-3-4-13-15(21)5-2-6-17(13)23/h2,5-8,10-11H,3-4,9,21H2,1H3,(H,22,24). The number of nitrogens with one attached hydrogen (secondary N) is 1. The minimum atomic E-state index is -0.336. The first kappa shape index (κ1) is 16.9. The predicted octanol–water partition coefficient (Wildman–Crippen LogP) is 4.36. The molecule has 1 heterocycles. The average Bonchev–Trinajstić information content (AvgIpc) is 2.56. The zero-order chi connectivity index (χ0) is 17.3. The molecule has 126 valence electrons. The van der Waals surface area contributed by atoms with Crippen LogP contribution >= 0.6 is 23.2 Å². The number of amides is 1. The number of hydrogen-bond donors (Lipinski definition) is 2. The number of halogens is 2. The molecule has 3 N–H and O–H groups in total. The summed E-state index contributed by atoms with van der Waals surface area (Å²) in [6.45, 7) is 2.71. The van der Waals surface area contributed by atoms with E-state index in [0.717, 1.165) is 36.3 Å². The smallest absolute Gasteiger partial charge is 0.246 e. The number of nitrogens with two attached hydrogens (primary N) is 1. The third kappa shape index (κ3) is 3.30.